The molecule has 0 fully saturated rings. The minimum absolute atomic E-state index is 0.0711. The fourth-order valence-corrected chi connectivity index (χ4v) is 2.25. The van der Waals surface area contributed by atoms with Gasteiger partial charge < -0.3 is 10.2 Å². The van der Waals surface area contributed by atoms with Gasteiger partial charge in [-0.15, -0.1) is 0 Å². The molecule has 26 heavy (non-hydrogen) atoms. The van der Waals surface area contributed by atoms with Crippen LogP contribution < -0.4 is 21.1 Å². The smallest absolute Gasteiger partial charge is 0.272 e. The van der Waals surface area contributed by atoms with Crippen LogP contribution >= 0.6 is 12.2 Å². The minimum Gasteiger partial charge on any atom is -0.377 e. The largest absolute Gasteiger partial charge is 0.377 e. The Labute approximate surface area is 154 Å². The molecule has 0 aliphatic carbocycles. The summed E-state index contributed by atoms with van der Waals surface area (Å²) in [5, 5.41) is 13.8. The zero-order chi connectivity index (χ0) is 19.3. The molecule has 8 nitrogen and oxygen atoms in total. The van der Waals surface area contributed by atoms with E-state index in [1.807, 2.05) is 0 Å². The second kappa shape index (κ2) is 8.21. The SMILES string of the molecule is CN(C)c1ccc([N+](=O)[O-])cc1C(=O)NNC(=S)Nc1ccc(F)cc1. The standard InChI is InChI=1S/C16H16FN5O3S/c1-21(2)14-8-7-12(22(24)25)9-13(14)15(23)19-20-16(26)18-11-5-3-10(17)4-6-11/h3-9H,1-2H3,(H,19,23)(H2,18,20,26). The molecule has 1 amide bonds. The Balaban J connectivity index is 2.06. The molecule has 0 aliphatic rings. The molecule has 0 spiro atoms. The number of anilines is 2. The summed E-state index contributed by atoms with van der Waals surface area (Å²) in [4.78, 5) is 24.4. The van der Waals surface area contributed by atoms with Gasteiger partial charge in [-0.25, -0.2) is 4.39 Å². The van der Waals surface area contributed by atoms with Crippen LogP contribution in [0.1, 0.15) is 10.4 Å². The van der Waals surface area contributed by atoms with Crippen molar-refractivity contribution in [3.05, 3.63) is 64.0 Å². The maximum Gasteiger partial charge on any atom is 0.272 e. The first kappa shape index (κ1) is 19.1. The van der Waals surface area contributed by atoms with Gasteiger partial charge in [-0.2, -0.15) is 0 Å². The van der Waals surface area contributed by atoms with Gasteiger partial charge in [0.25, 0.3) is 11.6 Å². The molecule has 0 saturated carbocycles. The average molecular weight is 377 g/mol. The number of carbonyl (C=O) groups excluding carboxylic acids is 1. The first-order valence-electron chi connectivity index (χ1n) is 7.36. The Morgan fingerprint density at radius 3 is 2.38 bits per heavy atom. The van der Waals surface area contributed by atoms with Crippen molar-refractivity contribution in [3.63, 3.8) is 0 Å². The highest BCUT2D eigenvalue weighted by Gasteiger charge is 2.18. The lowest BCUT2D eigenvalue weighted by Gasteiger charge is -2.17. The summed E-state index contributed by atoms with van der Waals surface area (Å²) in [7, 11) is 3.43. The van der Waals surface area contributed by atoms with Gasteiger partial charge >= 0.3 is 0 Å². The molecule has 0 bridgehead atoms. The molecule has 2 aromatic rings. The molecular weight excluding hydrogens is 361 g/mol. The third-order valence-corrected chi connectivity index (χ3v) is 3.51. The molecule has 0 radical (unpaired) electrons. The fourth-order valence-electron chi connectivity index (χ4n) is 2.09. The molecule has 0 atom stereocenters. The zero-order valence-electron chi connectivity index (χ0n) is 13.9. The number of nitro benzene ring substituents is 1. The number of hydrazine groups is 1. The number of nitro groups is 1. The minimum atomic E-state index is -0.597. The van der Waals surface area contributed by atoms with Gasteiger partial charge in [-0.1, -0.05) is 0 Å². The second-order valence-corrected chi connectivity index (χ2v) is 5.80. The van der Waals surface area contributed by atoms with Gasteiger partial charge in [0, 0.05) is 37.6 Å². The Morgan fingerprint density at radius 2 is 1.81 bits per heavy atom. The molecule has 3 N–H and O–H groups in total. The number of hydrogen-bond acceptors (Lipinski definition) is 5. The van der Waals surface area contributed by atoms with E-state index < -0.39 is 10.8 Å². The number of amides is 1. The number of rotatable bonds is 4. The normalized spacial score (nSPS) is 9.96. The lowest BCUT2D eigenvalue weighted by Crippen LogP contribution is -2.44. The second-order valence-electron chi connectivity index (χ2n) is 5.39. The van der Waals surface area contributed by atoms with Gasteiger partial charge in [0.1, 0.15) is 5.82 Å². The van der Waals surface area contributed by atoms with E-state index in [1.165, 1.54) is 42.5 Å². The number of benzene rings is 2. The maximum atomic E-state index is 12.9. The van der Waals surface area contributed by atoms with Crippen molar-refractivity contribution in [3.8, 4) is 0 Å². The maximum absolute atomic E-state index is 12.9. The van der Waals surface area contributed by atoms with Gasteiger partial charge in [-0.05, 0) is 42.5 Å². The van der Waals surface area contributed by atoms with E-state index in [-0.39, 0.29) is 22.2 Å². The third-order valence-electron chi connectivity index (χ3n) is 3.31. The number of carbonyl (C=O) groups is 1. The summed E-state index contributed by atoms with van der Waals surface area (Å²) in [5.74, 6) is -0.981. The van der Waals surface area contributed by atoms with Crippen LogP contribution in [-0.4, -0.2) is 30.0 Å². The Bertz CT molecular complexity index is 842. The molecule has 10 heteroatoms. The number of thiocarbonyl (C=S) groups is 1. The predicted octanol–water partition coefficient (Wildman–Crippen LogP) is 2.43. The van der Waals surface area contributed by atoms with Gasteiger partial charge in [0.05, 0.1) is 10.5 Å². The van der Waals surface area contributed by atoms with Crippen molar-refractivity contribution in [2.24, 2.45) is 0 Å². The Hall–Kier alpha value is -3.27. The predicted molar refractivity (Wildman–Crippen MR) is 101 cm³/mol. The Morgan fingerprint density at radius 1 is 1.15 bits per heavy atom. The van der Waals surface area contributed by atoms with E-state index in [1.54, 1.807) is 19.0 Å². The highest BCUT2D eigenvalue weighted by molar-refractivity contribution is 7.80. The summed E-state index contributed by atoms with van der Waals surface area (Å²) in [6.45, 7) is 0. The van der Waals surface area contributed by atoms with Crippen LogP contribution in [0, 0.1) is 15.9 Å². The monoisotopic (exact) mass is 377 g/mol. The van der Waals surface area contributed by atoms with Gasteiger partial charge in [0.15, 0.2) is 5.11 Å². The van der Waals surface area contributed by atoms with Crippen molar-refractivity contribution in [1.82, 2.24) is 10.9 Å². The number of hydrogen-bond donors (Lipinski definition) is 3. The molecule has 0 aliphatic heterocycles. The van der Waals surface area contributed by atoms with Crippen LogP contribution in [-0.2, 0) is 0 Å². The van der Waals surface area contributed by atoms with Crippen LogP contribution in [0.4, 0.5) is 21.5 Å². The zero-order valence-corrected chi connectivity index (χ0v) is 14.8. The first-order valence-corrected chi connectivity index (χ1v) is 7.77. The number of nitrogens with zero attached hydrogens (tertiary/aromatic N) is 2. The van der Waals surface area contributed by atoms with Crippen LogP contribution in [0.2, 0.25) is 0 Å². The van der Waals surface area contributed by atoms with E-state index in [2.05, 4.69) is 16.2 Å². The van der Waals surface area contributed by atoms with Gasteiger partial charge in [-0.3, -0.25) is 25.8 Å². The summed E-state index contributed by atoms with van der Waals surface area (Å²) in [5.41, 5.74) is 5.82. The van der Waals surface area contributed by atoms with E-state index in [4.69, 9.17) is 12.2 Å². The summed E-state index contributed by atoms with van der Waals surface area (Å²) < 4.78 is 12.9. The lowest BCUT2D eigenvalue weighted by atomic mass is 10.1. The molecule has 0 aromatic heterocycles. The van der Waals surface area contributed by atoms with Crippen LogP contribution in [0.3, 0.4) is 0 Å². The molecule has 136 valence electrons. The molecule has 2 aromatic carbocycles. The van der Waals surface area contributed by atoms with Gasteiger partial charge in [0.2, 0.25) is 0 Å². The highest BCUT2D eigenvalue weighted by Crippen LogP contribution is 2.24. The molecule has 0 unspecified atom stereocenters. The van der Waals surface area contributed by atoms with E-state index in [9.17, 15) is 19.3 Å². The molecule has 2 rings (SSSR count). The van der Waals surface area contributed by atoms with Crippen LogP contribution in [0.5, 0.6) is 0 Å². The Kier molecular flexibility index (Phi) is 6.02. The van der Waals surface area contributed by atoms with Crippen LogP contribution in [0.15, 0.2) is 42.5 Å². The lowest BCUT2D eigenvalue weighted by molar-refractivity contribution is -0.384. The molecular formula is C16H16FN5O3S. The summed E-state index contributed by atoms with van der Waals surface area (Å²) in [6, 6.07) is 9.48. The number of non-ortho nitro benzene ring substituents is 1. The number of halogens is 1. The molecule has 0 heterocycles. The first-order chi connectivity index (χ1) is 12.3. The van der Waals surface area contributed by atoms with Crippen molar-refractivity contribution in [1.29, 1.82) is 0 Å². The van der Waals surface area contributed by atoms with E-state index >= 15 is 0 Å². The van der Waals surface area contributed by atoms with Crippen molar-refractivity contribution < 1.29 is 14.1 Å². The third kappa shape index (κ3) is 4.86. The van der Waals surface area contributed by atoms with Crippen LogP contribution in [0.25, 0.3) is 0 Å². The van der Waals surface area contributed by atoms with Crippen molar-refractivity contribution in [2.75, 3.05) is 24.3 Å². The van der Waals surface area contributed by atoms with Crippen molar-refractivity contribution in [2.45, 2.75) is 0 Å². The fraction of sp³-hybridized carbons (Fsp3) is 0.125. The topological polar surface area (TPSA) is 99.5 Å². The van der Waals surface area contributed by atoms with E-state index in [0.717, 1.165) is 0 Å². The van der Waals surface area contributed by atoms with E-state index in [0.29, 0.717) is 11.4 Å². The quantitative estimate of drug-likeness (QED) is 0.427. The molecule has 0 saturated heterocycles. The van der Waals surface area contributed by atoms with Crippen molar-refractivity contribution >= 4 is 40.3 Å². The summed E-state index contributed by atoms with van der Waals surface area (Å²) in [6.07, 6.45) is 0. The highest BCUT2D eigenvalue weighted by atomic mass is 32.1. The average Bonchev–Trinajstić information content (AvgIpc) is 2.61. The number of nitrogens with one attached hydrogen (secondary N) is 3. The summed E-state index contributed by atoms with van der Waals surface area (Å²) >= 11 is 5.04.